The first-order chi connectivity index (χ1) is 10.1. The summed E-state index contributed by atoms with van der Waals surface area (Å²) >= 11 is 0. The molecule has 0 aromatic heterocycles. The smallest absolute Gasteiger partial charge is 0.223 e. The molecular weight excluding hydrogens is 262 g/mol. The van der Waals surface area contributed by atoms with Crippen LogP contribution in [0.4, 0.5) is 5.69 Å². The largest absolute Gasteiger partial charge is 0.384 e. The molecule has 1 N–H and O–H groups in total. The van der Waals surface area contributed by atoms with E-state index in [1.165, 1.54) is 17.7 Å². The van der Waals surface area contributed by atoms with Crippen molar-refractivity contribution >= 4 is 11.6 Å². The van der Waals surface area contributed by atoms with Gasteiger partial charge in [0.1, 0.15) is 0 Å². The Morgan fingerprint density at radius 1 is 1.43 bits per heavy atom. The molecule has 2 aliphatic rings. The Hall–Kier alpha value is -1.55. The highest BCUT2D eigenvalue weighted by Gasteiger charge is 2.27. The molecule has 2 unspecified atom stereocenters. The first-order valence-electron chi connectivity index (χ1n) is 7.89. The number of hydrogen-bond donors (Lipinski definition) is 1. The summed E-state index contributed by atoms with van der Waals surface area (Å²) in [6, 6.07) is 8.33. The van der Waals surface area contributed by atoms with Crippen molar-refractivity contribution in [3.8, 4) is 0 Å². The van der Waals surface area contributed by atoms with Crippen molar-refractivity contribution in [3.05, 3.63) is 29.8 Å². The molecule has 114 valence electrons. The van der Waals surface area contributed by atoms with Crippen LogP contribution in [-0.2, 0) is 4.79 Å². The molecule has 0 bridgehead atoms. The molecule has 2 atom stereocenters. The van der Waals surface area contributed by atoms with Gasteiger partial charge in [-0.05, 0) is 37.6 Å². The number of nitrogens with one attached hydrogen (secondary N) is 1. The van der Waals surface area contributed by atoms with Gasteiger partial charge in [0.05, 0.1) is 0 Å². The van der Waals surface area contributed by atoms with E-state index >= 15 is 0 Å². The van der Waals surface area contributed by atoms with Gasteiger partial charge >= 0.3 is 0 Å². The Labute approximate surface area is 127 Å². The topological polar surface area (TPSA) is 35.6 Å². The molecule has 0 saturated carbocycles. The van der Waals surface area contributed by atoms with Gasteiger partial charge < -0.3 is 15.1 Å². The van der Waals surface area contributed by atoms with E-state index in [4.69, 9.17) is 0 Å². The number of likely N-dealkylation sites (tertiary alicyclic amines) is 1. The summed E-state index contributed by atoms with van der Waals surface area (Å²) in [5, 5.41) is 3.40. The number of para-hydroxylation sites is 1. The predicted molar refractivity (Wildman–Crippen MR) is 85.5 cm³/mol. The summed E-state index contributed by atoms with van der Waals surface area (Å²) < 4.78 is 0. The average Bonchev–Trinajstić information content (AvgIpc) is 3.06. The quantitative estimate of drug-likeness (QED) is 0.920. The second kappa shape index (κ2) is 6.06. The number of benzene rings is 1. The van der Waals surface area contributed by atoms with Crippen molar-refractivity contribution in [2.24, 2.45) is 5.92 Å². The molecule has 0 aliphatic carbocycles. The number of nitrogens with zero attached hydrogens (tertiary/aromatic N) is 2. The summed E-state index contributed by atoms with van der Waals surface area (Å²) in [6.07, 6.45) is 1.82. The summed E-state index contributed by atoms with van der Waals surface area (Å²) in [5.41, 5.74) is 2.48. The minimum absolute atomic E-state index is 0.271. The SMILES string of the molecule is CN1CCC(CN(C)C(=O)CC2CNc3ccccc32)C1. The fraction of sp³-hybridized carbons (Fsp3) is 0.588. The Kier molecular flexibility index (Phi) is 4.15. The van der Waals surface area contributed by atoms with Gasteiger partial charge in [-0.25, -0.2) is 0 Å². The molecule has 2 heterocycles. The minimum Gasteiger partial charge on any atom is -0.384 e. The molecule has 0 spiro atoms. The fourth-order valence-electron chi connectivity index (χ4n) is 3.57. The highest BCUT2D eigenvalue weighted by molar-refractivity contribution is 5.78. The third-order valence-electron chi connectivity index (χ3n) is 4.81. The third kappa shape index (κ3) is 3.21. The van der Waals surface area contributed by atoms with Crippen LogP contribution in [0.2, 0.25) is 0 Å². The Balaban J connectivity index is 1.54. The first kappa shape index (κ1) is 14.4. The molecule has 0 radical (unpaired) electrons. The molecule has 2 aliphatic heterocycles. The molecule has 1 aromatic carbocycles. The van der Waals surface area contributed by atoms with Crippen LogP contribution in [0.3, 0.4) is 0 Å². The monoisotopic (exact) mass is 287 g/mol. The summed E-state index contributed by atoms with van der Waals surface area (Å²) in [7, 11) is 4.11. The van der Waals surface area contributed by atoms with Gasteiger partial charge in [-0.2, -0.15) is 0 Å². The van der Waals surface area contributed by atoms with Gasteiger partial charge in [-0.1, -0.05) is 18.2 Å². The maximum atomic E-state index is 12.5. The van der Waals surface area contributed by atoms with E-state index in [1.807, 2.05) is 18.0 Å². The number of hydrogen-bond acceptors (Lipinski definition) is 3. The lowest BCUT2D eigenvalue weighted by molar-refractivity contribution is -0.130. The minimum atomic E-state index is 0.271. The lowest BCUT2D eigenvalue weighted by Crippen LogP contribution is -2.33. The second-order valence-corrected chi connectivity index (χ2v) is 6.56. The van der Waals surface area contributed by atoms with E-state index in [0.717, 1.165) is 26.2 Å². The molecule has 3 rings (SSSR count). The van der Waals surface area contributed by atoms with Gasteiger partial charge in [0.2, 0.25) is 5.91 Å². The van der Waals surface area contributed by atoms with E-state index in [0.29, 0.717) is 18.3 Å². The van der Waals surface area contributed by atoms with Crippen LogP contribution in [-0.4, -0.2) is 56.0 Å². The van der Waals surface area contributed by atoms with E-state index in [1.54, 1.807) is 0 Å². The van der Waals surface area contributed by atoms with Gasteiger partial charge in [0, 0.05) is 44.7 Å². The summed E-state index contributed by atoms with van der Waals surface area (Å²) in [6.45, 7) is 4.05. The fourth-order valence-corrected chi connectivity index (χ4v) is 3.57. The highest BCUT2D eigenvalue weighted by Crippen LogP contribution is 2.33. The Morgan fingerprint density at radius 3 is 3.00 bits per heavy atom. The standard InChI is InChI=1S/C17H25N3O/c1-19-8-7-13(11-19)12-20(2)17(21)9-14-10-18-16-6-4-3-5-15(14)16/h3-6,13-14,18H,7-12H2,1-2H3. The number of carbonyl (C=O) groups excluding carboxylic acids is 1. The lowest BCUT2D eigenvalue weighted by atomic mass is 9.97. The van der Waals surface area contributed by atoms with Gasteiger partial charge in [-0.3, -0.25) is 4.79 Å². The van der Waals surface area contributed by atoms with Crippen LogP contribution in [0.5, 0.6) is 0 Å². The van der Waals surface area contributed by atoms with Crippen LogP contribution < -0.4 is 5.32 Å². The molecular formula is C17H25N3O. The van der Waals surface area contributed by atoms with Crippen molar-refractivity contribution in [3.63, 3.8) is 0 Å². The summed E-state index contributed by atoms with van der Waals surface area (Å²) in [5.74, 6) is 1.23. The Bertz CT molecular complexity index is 517. The maximum absolute atomic E-state index is 12.5. The van der Waals surface area contributed by atoms with Crippen molar-refractivity contribution in [1.29, 1.82) is 0 Å². The summed E-state index contributed by atoms with van der Waals surface area (Å²) in [4.78, 5) is 16.7. The normalized spacial score (nSPS) is 24.7. The van der Waals surface area contributed by atoms with Crippen molar-refractivity contribution in [2.45, 2.75) is 18.8 Å². The molecule has 1 saturated heterocycles. The second-order valence-electron chi connectivity index (χ2n) is 6.56. The number of anilines is 1. The lowest BCUT2D eigenvalue weighted by Gasteiger charge is -2.22. The van der Waals surface area contributed by atoms with Crippen LogP contribution >= 0.6 is 0 Å². The number of rotatable bonds is 4. The van der Waals surface area contributed by atoms with E-state index in [2.05, 4.69) is 35.5 Å². The van der Waals surface area contributed by atoms with Crippen molar-refractivity contribution in [1.82, 2.24) is 9.80 Å². The van der Waals surface area contributed by atoms with Crippen LogP contribution in [0, 0.1) is 5.92 Å². The predicted octanol–water partition coefficient (Wildman–Crippen LogP) is 2.00. The van der Waals surface area contributed by atoms with Crippen molar-refractivity contribution < 1.29 is 4.79 Å². The highest BCUT2D eigenvalue weighted by atomic mass is 16.2. The van der Waals surface area contributed by atoms with E-state index in [9.17, 15) is 4.79 Å². The molecule has 4 heteroatoms. The number of carbonyl (C=O) groups is 1. The molecule has 1 aromatic rings. The van der Waals surface area contributed by atoms with Crippen molar-refractivity contribution in [2.75, 3.05) is 45.6 Å². The number of fused-ring (bicyclic) bond motifs is 1. The third-order valence-corrected chi connectivity index (χ3v) is 4.81. The van der Waals surface area contributed by atoms with Gasteiger partial charge in [-0.15, -0.1) is 0 Å². The van der Waals surface area contributed by atoms with Crippen LogP contribution in [0.15, 0.2) is 24.3 Å². The van der Waals surface area contributed by atoms with E-state index < -0.39 is 0 Å². The maximum Gasteiger partial charge on any atom is 0.223 e. The molecule has 21 heavy (non-hydrogen) atoms. The molecule has 1 amide bonds. The Morgan fingerprint density at radius 2 is 2.24 bits per heavy atom. The zero-order chi connectivity index (χ0) is 14.8. The zero-order valence-electron chi connectivity index (χ0n) is 13.0. The molecule has 4 nitrogen and oxygen atoms in total. The van der Waals surface area contributed by atoms with Gasteiger partial charge in [0.25, 0.3) is 0 Å². The van der Waals surface area contributed by atoms with Crippen LogP contribution in [0.25, 0.3) is 0 Å². The van der Waals surface area contributed by atoms with E-state index in [-0.39, 0.29) is 5.91 Å². The zero-order valence-corrected chi connectivity index (χ0v) is 13.0. The average molecular weight is 287 g/mol. The van der Waals surface area contributed by atoms with Crippen LogP contribution in [0.1, 0.15) is 24.3 Å². The van der Waals surface area contributed by atoms with Gasteiger partial charge in [0.15, 0.2) is 0 Å². The number of amides is 1. The molecule has 1 fully saturated rings. The first-order valence-corrected chi connectivity index (χ1v) is 7.89.